The van der Waals surface area contributed by atoms with Gasteiger partial charge in [-0.25, -0.2) is 18.9 Å². The fourth-order valence-electron chi connectivity index (χ4n) is 4.06. The van der Waals surface area contributed by atoms with E-state index in [1.54, 1.807) is 42.6 Å². The minimum atomic E-state index is -1.47. The lowest BCUT2D eigenvalue weighted by atomic mass is 9.97. The molecule has 1 aromatic carbocycles. The third-order valence-electron chi connectivity index (χ3n) is 5.97. The molecule has 1 saturated heterocycles. The van der Waals surface area contributed by atoms with E-state index in [9.17, 15) is 9.18 Å². The van der Waals surface area contributed by atoms with Gasteiger partial charge in [-0.05, 0) is 43.7 Å². The van der Waals surface area contributed by atoms with Gasteiger partial charge in [0, 0.05) is 37.5 Å². The minimum absolute atomic E-state index is 0.323. The molecule has 0 unspecified atom stereocenters. The van der Waals surface area contributed by atoms with Gasteiger partial charge in [0.05, 0.1) is 24.6 Å². The van der Waals surface area contributed by atoms with E-state index in [-0.39, 0.29) is 5.91 Å². The van der Waals surface area contributed by atoms with Gasteiger partial charge < -0.3 is 10.1 Å². The van der Waals surface area contributed by atoms with Crippen molar-refractivity contribution in [3.05, 3.63) is 77.7 Å². The largest absolute Gasteiger partial charge is 0.379 e. The van der Waals surface area contributed by atoms with Crippen LogP contribution in [0.3, 0.4) is 0 Å². The van der Waals surface area contributed by atoms with Crippen LogP contribution in [0.25, 0.3) is 16.9 Å². The molecule has 1 fully saturated rings. The second-order valence-corrected chi connectivity index (χ2v) is 9.04. The highest BCUT2D eigenvalue weighted by Crippen LogP contribution is 2.29. The zero-order chi connectivity index (χ0) is 24.4. The van der Waals surface area contributed by atoms with Crippen molar-refractivity contribution in [1.82, 2.24) is 24.5 Å². The Morgan fingerprint density at radius 1 is 1.11 bits per heavy atom. The number of carbonyl (C=O) groups is 1. The Balaban J connectivity index is 1.38. The summed E-state index contributed by atoms with van der Waals surface area (Å²) in [5.41, 5.74) is 2.16. The van der Waals surface area contributed by atoms with Crippen molar-refractivity contribution >= 4 is 17.4 Å². The highest BCUT2D eigenvalue weighted by atomic mass is 19.1. The van der Waals surface area contributed by atoms with Gasteiger partial charge in [-0.15, -0.1) is 0 Å². The minimum Gasteiger partial charge on any atom is -0.379 e. The van der Waals surface area contributed by atoms with Crippen LogP contribution < -0.4 is 5.32 Å². The Labute approximate surface area is 202 Å². The summed E-state index contributed by atoms with van der Waals surface area (Å²) in [7, 11) is 0. The fourth-order valence-corrected chi connectivity index (χ4v) is 4.06. The van der Waals surface area contributed by atoms with Crippen molar-refractivity contribution in [2.24, 2.45) is 0 Å². The molecule has 5 rings (SSSR count). The Kier molecular flexibility index (Phi) is 6.27. The van der Waals surface area contributed by atoms with Gasteiger partial charge in [0.1, 0.15) is 17.2 Å². The number of carbonyl (C=O) groups excluding carboxylic acids is 1. The number of aromatic nitrogens is 4. The van der Waals surface area contributed by atoms with Crippen LogP contribution in [0.15, 0.2) is 60.8 Å². The first-order chi connectivity index (χ1) is 16.9. The number of hydrogen-bond donors (Lipinski definition) is 1. The second kappa shape index (κ2) is 9.52. The van der Waals surface area contributed by atoms with E-state index in [4.69, 9.17) is 4.74 Å². The Morgan fingerprint density at radius 3 is 2.71 bits per heavy atom. The number of pyridine rings is 1. The maximum absolute atomic E-state index is 14.5. The number of amides is 1. The normalized spacial score (nSPS) is 14.8. The van der Waals surface area contributed by atoms with Crippen molar-refractivity contribution in [3.8, 4) is 11.3 Å². The first-order valence-corrected chi connectivity index (χ1v) is 11.6. The summed E-state index contributed by atoms with van der Waals surface area (Å²) in [4.78, 5) is 24.4. The van der Waals surface area contributed by atoms with Gasteiger partial charge >= 0.3 is 0 Å². The van der Waals surface area contributed by atoms with Gasteiger partial charge in [0.2, 0.25) is 0 Å². The lowest BCUT2D eigenvalue weighted by molar-refractivity contribution is 0.0337. The molecule has 1 aliphatic heterocycles. The topological polar surface area (TPSA) is 84.7 Å². The first kappa shape index (κ1) is 23.1. The molecule has 9 heteroatoms. The summed E-state index contributed by atoms with van der Waals surface area (Å²) in [6.07, 6.45) is 1.57. The summed E-state index contributed by atoms with van der Waals surface area (Å²) in [6.45, 7) is 6.89. The van der Waals surface area contributed by atoms with Crippen LogP contribution in [0.1, 0.15) is 35.6 Å². The number of benzene rings is 1. The zero-order valence-corrected chi connectivity index (χ0v) is 19.7. The number of rotatable bonds is 6. The molecule has 8 nitrogen and oxygen atoms in total. The van der Waals surface area contributed by atoms with Gasteiger partial charge in [-0.3, -0.25) is 9.69 Å². The predicted molar refractivity (Wildman–Crippen MR) is 131 cm³/mol. The molecular weight excluding hydrogens is 447 g/mol. The molecule has 0 bridgehead atoms. The standard InChI is InChI=1S/C26H27FN6O2/c1-26(2,27)19-6-3-5-18(15-19)21-16-24-28-10-9-22(33(24)31-21)25(34)30-23-8-4-7-20(29-23)17-32-11-13-35-14-12-32/h3-10,15-16H,11-14,17H2,1-2H3,(H,29,30,34). The molecule has 180 valence electrons. The molecule has 3 aromatic heterocycles. The molecule has 4 aromatic rings. The van der Waals surface area contributed by atoms with Crippen molar-refractivity contribution in [2.75, 3.05) is 31.6 Å². The average molecular weight is 475 g/mol. The van der Waals surface area contributed by atoms with Crippen molar-refractivity contribution in [3.63, 3.8) is 0 Å². The molecule has 1 N–H and O–H groups in total. The third kappa shape index (κ3) is 5.21. The van der Waals surface area contributed by atoms with Gasteiger partial charge in [-0.1, -0.05) is 24.3 Å². The summed E-state index contributed by atoms with van der Waals surface area (Å²) < 4.78 is 21.3. The number of fused-ring (bicyclic) bond motifs is 1. The smallest absolute Gasteiger partial charge is 0.275 e. The second-order valence-electron chi connectivity index (χ2n) is 9.04. The quantitative estimate of drug-likeness (QED) is 0.453. The van der Waals surface area contributed by atoms with Crippen molar-refractivity contribution in [1.29, 1.82) is 0 Å². The van der Waals surface area contributed by atoms with E-state index >= 15 is 0 Å². The number of halogens is 1. The first-order valence-electron chi connectivity index (χ1n) is 11.6. The maximum Gasteiger partial charge on any atom is 0.275 e. The highest BCUT2D eigenvalue weighted by Gasteiger charge is 2.20. The molecule has 0 aliphatic carbocycles. The van der Waals surface area contributed by atoms with Crippen molar-refractivity contribution in [2.45, 2.75) is 26.1 Å². The summed E-state index contributed by atoms with van der Waals surface area (Å²) in [5, 5.41) is 7.47. The molecule has 1 aliphatic rings. The van der Waals surface area contributed by atoms with Crippen LogP contribution in [-0.4, -0.2) is 56.7 Å². The van der Waals surface area contributed by atoms with Crippen LogP contribution in [0.2, 0.25) is 0 Å². The zero-order valence-electron chi connectivity index (χ0n) is 19.7. The summed E-state index contributed by atoms with van der Waals surface area (Å²) >= 11 is 0. The average Bonchev–Trinajstić information content (AvgIpc) is 3.29. The van der Waals surface area contributed by atoms with Crippen LogP contribution >= 0.6 is 0 Å². The number of anilines is 1. The molecular formula is C26H27FN6O2. The molecule has 0 radical (unpaired) electrons. The lowest BCUT2D eigenvalue weighted by Gasteiger charge is -2.26. The summed E-state index contributed by atoms with van der Waals surface area (Å²) in [6, 6.07) is 16.2. The van der Waals surface area contributed by atoms with E-state index in [2.05, 4.69) is 25.3 Å². The fraction of sp³-hybridized carbons (Fsp3) is 0.308. The van der Waals surface area contributed by atoms with E-state index in [0.29, 0.717) is 35.0 Å². The van der Waals surface area contributed by atoms with Gasteiger partial charge in [-0.2, -0.15) is 5.10 Å². The Morgan fingerprint density at radius 2 is 1.91 bits per heavy atom. The molecule has 0 spiro atoms. The molecule has 0 saturated carbocycles. The van der Waals surface area contributed by atoms with E-state index < -0.39 is 5.67 Å². The van der Waals surface area contributed by atoms with E-state index in [0.717, 1.165) is 37.6 Å². The Bertz CT molecular complexity index is 1360. The third-order valence-corrected chi connectivity index (χ3v) is 5.97. The van der Waals surface area contributed by atoms with E-state index in [1.807, 2.05) is 18.2 Å². The monoisotopic (exact) mass is 474 g/mol. The van der Waals surface area contributed by atoms with Crippen LogP contribution in [-0.2, 0) is 17.0 Å². The van der Waals surface area contributed by atoms with Crippen LogP contribution in [0.5, 0.6) is 0 Å². The van der Waals surface area contributed by atoms with Gasteiger partial charge in [0.25, 0.3) is 5.91 Å². The molecule has 35 heavy (non-hydrogen) atoms. The number of hydrogen-bond acceptors (Lipinski definition) is 6. The number of morpholine rings is 1. The highest BCUT2D eigenvalue weighted by molar-refractivity contribution is 6.02. The number of alkyl halides is 1. The maximum atomic E-state index is 14.5. The number of nitrogens with zero attached hydrogens (tertiary/aromatic N) is 5. The Hall–Kier alpha value is -3.69. The molecule has 4 heterocycles. The van der Waals surface area contributed by atoms with E-state index in [1.165, 1.54) is 18.4 Å². The molecule has 0 atom stereocenters. The lowest BCUT2D eigenvalue weighted by Crippen LogP contribution is -2.35. The molecule has 1 amide bonds. The van der Waals surface area contributed by atoms with Crippen LogP contribution in [0, 0.1) is 0 Å². The SMILES string of the molecule is CC(C)(F)c1cccc(-c2cc3nccc(C(=O)Nc4cccc(CN5CCOCC5)n4)n3n2)c1. The number of nitrogens with one attached hydrogen (secondary N) is 1. The summed E-state index contributed by atoms with van der Waals surface area (Å²) in [5.74, 6) is 0.123. The van der Waals surface area contributed by atoms with Gasteiger partial charge in [0.15, 0.2) is 5.65 Å². The van der Waals surface area contributed by atoms with Crippen molar-refractivity contribution < 1.29 is 13.9 Å². The van der Waals surface area contributed by atoms with Crippen LogP contribution in [0.4, 0.5) is 10.2 Å². The number of ether oxygens (including phenoxy) is 1. The predicted octanol–water partition coefficient (Wildman–Crippen LogP) is 4.08.